The molecule has 1 aromatic heterocycles. The number of aryl methyl sites for hydroxylation is 1. The molecule has 0 saturated heterocycles. The largest absolute Gasteiger partial charge is 0.384 e. The SMILES string of the molecule is Cc1nc(N)cc(NCC2CCCC2C)n1. The lowest BCUT2D eigenvalue weighted by atomic mass is 9.98. The molecule has 2 rings (SSSR count). The van der Waals surface area contributed by atoms with Gasteiger partial charge in [0.05, 0.1) is 0 Å². The fourth-order valence-electron chi connectivity index (χ4n) is 2.44. The summed E-state index contributed by atoms with van der Waals surface area (Å²) >= 11 is 0. The first-order valence-corrected chi connectivity index (χ1v) is 6.00. The average Bonchev–Trinajstić information content (AvgIpc) is 2.59. The minimum absolute atomic E-state index is 0.537. The summed E-state index contributed by atoms with van der Waals surface area (Å²) in [6.07, 6.45) is 4.05. The molecular formula is C12H20N4. The highest BCUT2D eigenvalue weighted by Crippen LogP contribution is 2.31. The molecule has 1 saturated carbocycles. The summed E-state index contributed by atoms with van der Waals surface area (Å²) in [5.74, 6) is 3.71. The van der Waals surface area contributed by atoms with Gasteiger partial charge in [-0.25, -0.2) is 9.97 Å². The van der Waals surface area contributed by atoms with Crippen molar-refractivity contribution in [1.82, 2.24) is 9.97 Å². The Bertz CT molecular complexity index is 344. The van der Waals surface area contributed by atoms with Crippen molar-refractivity contribution in [2.24, 2.45) is 11.8 Å². The van der Waals surface area contributed by atoms with Gasteiger partial charge in [-0.3, -0.25) is 0 Å². The van der Waals surface area contributed by atoms with Crippen LogP contribution in [-0.4, -0.2) is 16.5 Å². The first-order chi connectivity index (χ1) is 7.65. The third kappa shape index (κ3) is 2.62. The Morgan fingerprint density at radius 3 is 2.88 bits per heavy atom. The monoisotopic (exact) mass is 220 g/mol. The fraction of sp³-hybridized carbons (Fsp3) is 0.667. The number of aromatic nitrogens is 2. The molecule has 2 atom stereocenters. The Balaban J connectivity index is 1.94. The van der Waals surface area contributed by atoms with Crippen LogP contribution >= 0.6 is 0 Å². The zero-order chi connectivity index (χ0) is 11.5. The van der Waals surface area contributed by atoms with Crippen LogP contribution in [0.3, 0.4) is 0 Å². The van der Waals surface area contributed by atoms with E-state index >= 15 is 0 Å². The van der Waals surface area contributed by atoms with E-state index in [1.807, 2.05) is 6.92 Å². The Morgan fingerprint density at radius 2 is 2.25 bits per heavy atom. The first kappa shape index (κ1) is 11.2. The summed E-state index contributed by atoms with van der Waals surface area (Å²) in [6, 6.07) is 1.80. The highest BCUT2D eigenvalue weighted by Gasteiger charge is 2.22. The van der Waals surface area contributed by atoms with Gasteiger partial charge in [0.25, 0.3) is 0 Å². The van der Waals surface area contributed by atoms with E-state index < -0.39 is 0 Å². The summed E-state index contributed by atoms with van der Waals surface area (Å²) in [5.41, 5.74) is 5.68. The second-order valence-corrected chi connectivity index (χ2v) is 4.77. The summed E-state index contributed by atoms with van der Waals surface area (Å²) in [4.78, 5) is 8.37. The zero-order valence-corrected chi connectivity index (χ0v) is 10.0. The van der Waals surface area contributed by atoms with Gasteiger partial charge in [0, 0.05) is 12.6 Å². The summed E-state index contributed by atoms with van der Waals surface area (Å²) in [6.45, 7) is 5.19. The van der Waals surface area contributed by atoms with Crippen molar-refractivity contribution in [2.45, 2.75) is 33.1 Å². The zero-order valence-electron chi connectivity index (χ0n) is 10.0. The predicted octanol–water partition coefficient (Wildman–Crippen LogP) is 2.22. The van der Waals surface area contributed by atoms with Crippen molar-refractivity contribution in [3.8, 4) is 0 Å². The fourth-order valence-corrected chi connectivity index (χ4v) is 2.44. The summed E-state index contributed by atoms with van der Waals surface area (Å²) in [7, 11) is 0. The normalized spacial score (nSPS) is 24.6. The smallest absolute Gasteiger partial charge is 0.131 e. The van der Waals surface area contributed by atoms with Crippen LogP contribution in [0, 0.1) is 18.8 Å². The van der Waals surface area contributed by atoms with E-state index in [4.69, 9.17) is 5.73 Å². The third-order valence-corrected chi connectivity index (χ3v) is 3.44. The molecule has 1 aliphatic carbocycles. The second-order valence-electron chi connectivity index (χ2n) is 4.77. The topological polar surface area (TPSA) is 63.8 Å². The van der Waals surface area contributed by atoms with Gasteiger partial charge in [-0.2, -0.15) is 0 Å². The number of hydrogen-bond acceptors (Lipinski definition) is 4. The van der Waals surface area contributed by atoms with Crippen LogP contribution in [0.4, 0.5) is 11.6 Å². The highest BCUT2D eigenvalue weighted by molar-refractivity contribution is 5.44. The van der Waals surface area contributed by atoms with Gasteiger partial charge >= 0.3 is 0 Å². The van der Waals surface area contributed by atoms with Crippen LogP contribution in [0.2, 0.25) is 0 Å². The number of nitrogen functional groups attached to an aromatic ring is 1. The Morgan fingerprint density at radius 1 is 1.44 bits per heavy atom. The Hall–Kier alpha value is -1.32. The van der Waals surface area contributed by atoms with Gasteiger partial charge in [-0.1, -0.05) is 19.8 Å². The van der Waals surface area contributed by atoms with Gasteiger partial charge in [0.2, 0.25) is 0 Å². The molecule has 3 N–H and O–H groups in total. The predicted molar refractivity (Wildman–Crippen MR) is 66.2 cm³/mol. The van der Waals surface area contributed by atoms with Gasteiger partial charge in [0.15, 0.2) is 0 Å². The number of anilines is 2. The van der Waals surface area contributed by atoms with Crippen LogP contribution in [0.15, 0.2) is 6.07 Å². The minimum Gasteiger partial charge on any atom is -0.384 e. The lowest BCUT2D eigenvalue weighted by Gasteiger charge is -2.16. The molecular weight excluding hydrogens is 200 g/mol. The maximum atomic E-state index is 5.68. The molecule has 2 unspecified atom stereocenters. The second kappa shape index (κ2) is 4.68. The highest BCUT2D eigenvalue weighted by atomic mass is 15.0. The Labute approximate surface area is 96.7 Å². The van der Waals surface area contributed by atoms with Crippen molar-refractivity contribution >= 4 is 11.6 Å². The van der Waals surface area contributed by atoms with Crippen molar-refractivity contribution in [1.29, 1.82) is 0 Å². The minimum atomic E-state index is 0.537. The maximum absolute atomic E-state index is 5.68. The van der Waals surface area contributed by atoms with E-state index in [2.05, 4.69) is 22.2 Å². The number of hydrogen-bond donors (Lipinski definition) is 2. The van der Waals surface area contributed by atoms with Crippen molar-refractivity contribution in [2.75, 3.05) is 17.6 Å². The number of nitrogens with two attached hydrogens (primary N) is 1. The quantitative estimate of drug-likeness (QED) is 0.819. The standard InChI is InChI=1S/C12H20N4/c1-8-4-3-5-10(8)7-14-12-6-11(13)15-9(2)16-12/h6,8,10H,3-5,7H2,1-2H3,(H3,13,14,15,16). The van der Waals surface area contributed by atoms with E-state index in [9.17, 15) is 0 Å². The molecule has 1 aromatic rings. The van der Waals surface area contributed by atoms with Crippen LogP contribution < -0.4 is 11.1 Å². The molecule has 88 valence electrons. The van der Waals surface area contributed by atoms with E-state index in [1.165, 1.54) is 19.3 Å². The van der Waals surface area contributed by atoms with Crippen LogP contribution in [0.1, 0.15) is 32.0 Å². The molecule has 4 heteroatoms. The molecule has 1 heterocycles. The first-order valence-electron chi connectivity index (χ1n) is 6.00. The van der Waals surface area contributed by atoms with Gasteiger partial charge in [0.1, 0.15) is 17.5 Å². The van der Waals surface area contributed by atoms with E-state index in [-0.39, 0.29) is 0 Å². The number of nitrogens with one attached hydrogen (secondary N) is 1. The maximum Gasteiger partial charge on any atom is 0.131 e. The molecule has 0 radical (unpaired) electrons. The summed E-state index contributed by atoms with van der Waals surface area (Å²) in [5, 5.41) is 3.37. The van der Waals surface area contributed by atoms with Gasteiger partial charge < -0.3 is 11.1 Å². The lowest BCUT2D eigenvalue weighted by Crippen LogP contribution is -2.17. The van der Waals surface area contributed by atoms with Crippen LogP contribution in [0.5, 0.6) is 0 Å². The molecule has 16 heavy (non-hydrogen) atoms. The van der Waals surface area contributed by atoms with Gasteiger partial charge in [-0.05, 0) is 25.2 Å². The molecule has 1 aliphatic rings. The van der Waals surface area contributed by atoms with Crippen molar-refractivity contribution in [3.63, 3.8) is 0 Å². The molecule has 0 aliphatic heterocycles. The van der Waals surface area contributed by atoms with E-state index in [0.29, 0.717) is 5.82 Å². The van der Waals surface area contributed by atoms with Crippen molar-refractivity contribution in [3.05, 3.63) is 11.9 Å². The average molecular weight is 220 g/mol. The molecule has 0 aromatic carbocycles. The number of nitrogens with zero attached hydrogens (tertiary/aromatic N) is 2. The van der Waals surface area contributed by atoms with E-state index in [1.54, 1.807) is 6.07 Å². The number of rotatable bonds is 3. The van der Waals surface area contributed by atoms with Gasteiger partial charge in [-0.15, -0.1) is 0 Å². The molecule has 0 bridgehead atoms. The van der Waals surface area contributed by atoms with Crippen LogP contribution in [-0.2, 0) is 0 Å². The third-order valence-electron chi connectivity index (χ3n) is 3.44. The molecule has 0 amide bonds. The lowest BCUT2D eigenvalue weighted by molar-refractivity contribution is 0.439. The van der Waals surface area contributed by atoms with Crippen LogP contribution in [0.25, 0.3) is 0 Å². The Kier molecular flexibility index (Phi) is 3.27. The molecule has 4 nitrogen and oxygen atoms in total. The van der Waals surface area contributed by atoms with E-state index in [0.717, 1.165) is 30.0 Å². The van der Waals surface area contributed by atoms with Crippen molar-refractivity contribution < 1.29 is 0 Å². The summed E-state index contributed by atoms with van der Waals surface area (Å²) < 4.78 is 0. The molecule has 1 fully saturated rings. The molecule has 0 spiro atoms.